The average molecular weight is 238 g/mol. The summed E-state index contributed by atoms with van der Waals surface area (Å²) in [6.45, 7) is 6.68. The molecule has 2 rings (SSSR count). The molecule has 3 heteroatoms. The van der Waals surface area contributed by atoms with Crippen molar-refractivity contribution in [3.05, 3.63) is 16.1 Å². The Morgan fingerprint density at radius 2 is 2.31 bits per heavy atom. The number of aryl methyl sites for hydroxylation is 1. The van der Waals surface area contributed by atoms with Crippen LogP contribution in [0.15, 0.2) is 6.20 Å². The maximum absolute atomic E-state index is 4.55. The topological polar surface area (TPSA) is 24.9 Å². The molecule has 90 valence electrons. The Bertz CT molecular complexity index is 330. The number of hydrogen-bond donors (Lipinski definition) is 1. The highest BCUT2D eigenvalue weighted by atomic mass is 32.1. The summed E-state index contributed by atoms with van der Waals surface area (Å²) in [6, 6.07) is 1.13. The number of nitrogens with zero attached hydrogens (tertiary/aromatic N) is 1. The molecule has 1 aliphatic rings. The summed E-state index contributed by atoms with van der Waals surface area (Å²) in [7, 11) is 0. The summed E-state index contributed by atoms with van der Waals surface area (Å²) in [5, 5.41) is 5.05. The maximum Gasteiger partial charge on any atom is 0.110 e. The number of thiazole rings is 1. The quantitative estimate of drug-likeness (QED) is 0.817. The molecule has 0 radical (unpaired) electrons. The number of aromatic nitrogens is 1. The molecular formula is C13H22N2S. The molecule has 1 heterocycles. The minimum atomic E-state index is 0.514. The number of nitrogens with one attached hydrogen (secondary N) is 1. The van der Waals surface area contributed by atoms with Crippen LogP contribution in [0.5, 0.6) is 0 Å². The van der Waals surface area contributed by atoms with Crippen LogP contribution in [0, 0.1) is 12.8 Å². The van der Waals surface area contributed by atoms with Gasteiger partial charge < -0.3 is 5.32 Å². The highest BCUT2D eigenvalue weighted by molar-refractivity contribution is 7.11. The smallest absolute Gasteiger partial charge is 0.110 e. The van der Waals surface area contributed by atoms with E-state index in [2.05, 4.69) is 31.1 Å². The molecule has 2 nitrogen and oxygen atoms in total. The first-order chi connectivity index (χ1) is 7.70. The van der Waals surface area contributed by atoms with E-state index in [0.29, 0.717) is 12.1 Å². The second-order valence-corrected chi connectivity index (χ2v) is 6.25. The monoisotopic (exact) mass is 238 g/mol. The summed E-state index contributed by atoms with van der Waals surface area (Å²) in [5.74, 6) is 0.838. The van der Waals surface area contributed by atoms with Crippen molar-refractivity contribution >= 4 is 11.3 Å². The second-order valence-electron chi connectivity index (χ2n) is 4.98. The molecule has 0 aromatic carbocycles. The van der Waals surface area contributed by atoms with E-state index in [1.165, 1.54) is 35.6 Å². The first-order valence-corrected chi connectivity index (χ1v) is 7.20. The van der Waals surface area contributed by atoms with E-state index in [0.717, 1.165) is 5.92 Å². The summed E-state index contributed by atoms with van der Waals surface area (Å²) in [4.78, 5) is 5.87. The van der Waals surface area contributed by atoms with Crippen molar-refractivity contribution in [2.24, 2.45) is 5.92 Å². The standard InChI is InChI=1S/C13H22N2S/c1-4-5-9(2)15-12(11-6-7-11)13-14-8-10(3)16-13/h8-9,11-12,15H,4-7H2,1-3H3. The Hall–Kier alpha value is -0.410. The van der Waals surface area contributed by atoms with Gasteiger partial charge in [-0.25, -0.2) is 4.98 Å². The van der Waals surface area contributed by atoms with Gasteiger partial charge in [-0.05, 0) is 39.0 Å². The minimum absolute atomic E-state index is 0.514. The lowest BCUT2D eigenvalue weighted by molar-refractivity contribution is 0.400. The SMILES string of the molecule is CCCC(C)NC(c1ncc(C)s1)C1CC1. The molecule has 1 saturated carbocycles. The predicted octanol–water partition coefficient (Wildman–Crippen LogP) is 3.68. The maximum atomic E-state index is 4.55. The minimum Gasteiger partial charge on any atom is -0.305 e. The van der Waals surface area contributed by atoms with Crippen molar-refractivity contribution in [3.63, 3.8) is 0 Å². The summed E-state index contributed by atoms with van der Waals surface area (Å²) in [6.07, 6.45) is 7.25. The summed E-state index contributed by atoms with van der Waals surface area (Å²) >= 11 is 1.85. The molecule has 0 spiro atoms. The van der Waals surface area contributed by atoms with E-state index in [1.54, 1.807) is 0 Å². The van der Waals surface area contributed by atoms with Crippen LogP contribution < -0.4 is 5.32 Å². The van der Waals surface area contributed by atoms with Crippen LogP contribution in [0.4, 0.5) is 0 Å². The van der Waals surface area contributed by atoms with Crippen LogP contribution in [-0.4, -0.2) is 11.0 Å². The fraction of sp³-hybridized carbons (Fsp3) is 0.769. The molecule has 0 amide bonds. The molecular weight excluding hydrogens is 216 g/mol. The molecule has 0 saturated heterocycles. The normalized spacial score (nSPS) is 19.7. The lowest BCUT2D eigenvalue weighted by atomic mass is 10.1. The Kier molecular flexibility index (Phi) is 3.98. The second kappa shape index (κ2) is 5.28. The first kappa shape index (κ1) is 12.1. The zero-order valence-electron chi connectivity index (χ0n) is 10.5. The van der Waals surface area contributed by atoms with E-state index >= 15 is 0 Å². The fourth-order valence-corrected chi connectivity index (χ4v) is 3.11. The zero-order valence-corrected chi connectivity index (χ0v) is 11.3. The van der Waals surface area contributed by atoms with Crippen molar-refractivity contribution < 1.29 is 0 Å². The third kappa shape index (κ3) is 3.05. The van der Waals surface area contributed by atoms with Gasteiger partial charge in [-0.3, -0.25) is 0 Å². The van der Waals surface area contributed by atoms with Gasteiger partial charge in [0, 0.05) is 17.1 Å². The first-order valence-electron chi connectivity index (χ1n) is 6.39. The van der Waals surface area contributed by atoms with Gasteiger partial charge in [-0.2, -0.15) is 0 Å². The fourth-order valence-electron chi connectivity index (χ4n) is 2.18. The molecule has 0 bridgehead atoms. The molecule has 1 N–H and O–H groups in total. The number of rotatable bonds is 6. The predicted molar refractivity (Wildman–Crippen MR) is 69.8 cm³/mol. The van der Waals surface area contributed by atoms with Crippen LogP contribution in [-0.2, 0) is 0 Å². The van der Waals surface area contributed by atoms with Gasteiger partial charge >= 0.3 is 0 Å². The summed E-state index contributed by atoms with van der Waals surface area (Å²) < 4.78 is 0. The van der Waals surface area contributed by atoms with E-state index < -0.39 is 0 Å². The molecule has 1 fully saturated rings. The van der Waals surface area contributed by atoms with E-state index in [9.17, 15) is 0 Å². The van der Waals surface area contributed by atoms with Crippen LogP contribution >= 0.6 is 11.3 Å². The van der Waals surface area contributed by atoms with Gasteiger partial charge in [-0.1, -0.05) is 13.3 Å². The van der Waals surface area contributed by atoms with Gasteiger partial charge in [0.15, 0.2) is 0 Å². The Balaban J connectivity index is 2.00. The summed E-state index contributed by atoms with van der Waals surface area (Å²) in [5.41, 5.74) is 0. The number of hydrogen-bond acceptors (Lipinski definition) is 3. The van der Waals surface area contributed by atoms with Crippen molar-refractivity contribution in [2.75, 3.05) is 0 Å². The molecule has 1 aromatic rings. The molecule has 0 aliphatic heterocycles. The highest BCUT2D eigenvalue weighted by Gasteiger charge is 2.34. The van der Waals surface area contributed by atoms with Gasteiger partial charge in [0.1, 0.15) is 5.01 Å². The van der Waals surface area contributed by atoms with Gasteiger partial charge in [0.2, 0.25) is 0 Å². The van der Waals surface area contributed by atoms with Crippen LogP contribution in [0.1, 0.15) is 55.5 Å². The Morgan fingerprint density at radius 1 is 1.56 bits per heavy atom. The molecule has 1 aliphatic carbocycles. The zero-order chi connectivity index (χ0) is 11.5. The third-order valence-electron chi connectivity index (χ3n) is 3.18. The Labute approximate surface area is 102 Å². The van der Waals surface area contributed by atoms with Crippen LogP contribution in [0.2, 0.25) is 0 Å². The van der Waals surface area contributed by atoms with Gasteiger partial charge in [0.05, 0.1) is 6.04 Å². The molecule has 2 unspecified atom stereocenters. The van der Waals surface area contributed by atoms with Gasteiger partial charge in [-0.15, -0.1) is 11.3 Å². The molecule has 2 atom stereocenters. The lowest BCUT2D eigenvalue weighted by Crippen LogP contribution is -2.31. The largest absolute Gasteiger partial charge is 0.305 e. The van der Waals surface area contributed by atoms with Crippen molar-refractivity contribution in [1.82, 2.24) is 10.3 Å². The molecule has 1 aromatic heterocycles. The van der Waals surface area contributed by atoms with Crippen LogP contribution in [0.25, 0.3) is 0 Å². The van der Waals surface area contributed by atoms with Crippen molar-refractivity contribution in [2.45, 2.75) is 58.5 Å². The Morgan fingerprint density at radius 3 is 2.81 bits per heavy atom. The van der Waals surface area contributed by atoms with E-state index in [1.807, 2.05) is 17.5 Å². The van der Waals surface area contributed by atoms with E-state index in [-0.39, 0.29) is 0 Å². The van der Waals surface area contributed by atoms with Crippen LogP contribution in [0.3, 0.4) is 0 Å². The highest BCUT2D eigenvalue weighted by Crippen LogP contribution is 2.42. The lowest BCUT2D eigenvalue weighted by Gasteiger charge is -2.21. The average Bonchev–Trinajstić information content (AvgIpc) is 2.98. The molecule has 16 heavy (non-hydrogen) atoms. The van der Waals surface area contributed by atoms with E-state index in [4.69, 9.17) is 0 Å². The van der Waals surface area contributed by atoms with Crippen molar-refractivity contribution in [3.8, 4) is 0 Å². The van der Waals surface area contributed by atoms with Crippen molar-refractivity contribution in [1.29, 1.82) is 0 Å². The van der Waals surface area contributed by atoms with Gasteiger partial charge in [0.25, 0.3) is 0 Å². The third-order valence-corrected chi connectivity index (χ3v) is 4.18.